The van der Waals surface area contributed by atoms with Gasteiger partial charge in [0.15, 0.2) is 0 Å². The van der Waals surface area contributed by atoms with E-state index in [2.05, 4.69) is 17.0 Å². The van der Waals surface area contributed by atoms with Gasteiger partial charge in [-0.15, -0.1) is 0 Å². The van der Waals surface area contributed by atoms with E-state index in [0.717, 1.165) is 13.0 Å². The number of nitrogens with two attached hydrogens (primary N) is 1. The number of carbonyl (C=O) groups is 1. The van der Waals surface area contributed by atoms with Crippen molar-refractivity contribution in [1.82, 2.24) is 4.90 Å². The van der Waals surface area contributed by atoms with Crippen LogP contribution in [0.3, 0.4) is 0 Å². The largest absolute Gasteiger partial charge is 0.400 e. The van der Waals surface area contributed by atoms with E-state index in [9.17, 15) is 4.79 Å². The molecular weight excluding hydrogens is 296 g/mol. The second-order valence-electron chi connectivity index (χ2n) is 5.37. The third-order valence-corrected chi connectivity index (χ3v) is 4.06. The van der Waals surface area contributed by atoms with Crippen molar-refractivity contribution in [3.05, 3.63) is 82.1 Å². The summed E-state index contributed by atoms with van der Waals surface area (Å²) in [6.45, 7) is 1.46. The van der Waals surface area contributed by atoms with Gasteiger partial charge in [0, 0.05) is 35.8 Å². The van der Waals surface area contributed by atoms with Crippen molar-refractivity contribution in [2.24, 2.45) is 5.73 Å². The first kappa shape index (κ1) is 14.7. The van der Waals surface area contributed by atoms with Gasteiger partial charge in [0.1, 0.15) is 5.70 Å². The summed E-state index contributed by atoms with van der Waals surface area (Å²) in [6, 6.07) is 17.0. The highest BCUT2D eigenvalue weighted by Gasteiger charge is 2.27. The summed E-state index contributed by atoms with van der Waals surface area (Å²) in [7, 11) is 0. The van der Waals surface area contributed by atoms with Crippen LogP contribution in [0.15, 0.2) is 66.0 Å². The Morgan fingerprint density at radius 2 is 1.77 bits per heavy atom. The van der Waals surface area contributed by atoms with Crippen LogP contribution in [-0.4, -0.2) is 17.2 Å². The van der Waals surface area contributed by atoms with Gasteiger partial charge in [-0.2, -0.15) is 0 Å². The Hall–Kier alpha value is -2.26. The second-order valence-corrected chi connectivity index (χ2v) is 5.80. The number of benzene rings is 2. The molecule has 112 valence electrons. The van der Waals surface area contributed by atoms with E-state index in [0.29, 0.717) is 28.5 Å². The fraction of sp³-hybridized carbons (Fsp3) is 0.167. The summed E-state index contributed by atoms with van der Waals surface area (Å²) >= 11 is 5.88. The SMILES string of the molecule is NC1=C(C(=O)c2ccc(Cl)cc2)N(Cc2ccccc2)CC1. The topological polar surface area (TPSA) is 46.3 Å². The van der Waals surface area contributed by atoms with Gasteiger partial charge in [-0.3, -0.25) is 4.79 Å². The zero-order chi connectivity index (χ0) is 15.5. The molecule has 0 radical (unpaired) electrons. The number of halogens is 1. The molecule has 1 heterocycles. The minimum absolute atomic E-state index is 0.0393. The third kappa shape index (κ3) is 3.00. The molecule has 2 N–H and O–H groups in total. The molecule has 0 aromatic heterocycles. The minimum atomic E-state index is -0.0393. The maximum Gasteiger partial charge on any atom is 0.210 e. The number of Topliss-reactive ketones (excluding diaryl/α,β-unsaturated/α-hetero) is 1. The smallest absolute Gasteiger partial charge is 0.210 e. The van der Waals surface area contributed by atoms with Crippen molar-refractivity contribution in [2.75, 3.05) is 6.54 Å². The van der Waals surface area contributed by atoms with E-state index >= 15 is 0 Å². The predicted molar refractivity (Wildman–Crippen MR) is 88.5 cm³/mol. The molecule has 0 saturated carbocycles. The van der Waals surface area contributed by atoms with Crippen LogP contribution >= 0.6 is 11.6 Å². The Morgan fingerprint density at radius 3 is 2.45 bits per heavy atom. The molecule has 3 nitrogen and oxygen atoms in total. The maximum atomic E-state index is 12.7. The average molecular weight is 313 g/mol. The van der Waals surface area contributed by atoms with Gasteiger partial charge in [0.2, 0.25) is 5.78 Å². The molecule has 1 aliphatic heterocycles. The van der Waals surface area contributed by atoms with E-state index < -0.39 is 0 Å². The van der Waals surface area contributed by atoms with Crippen molar-refractivity contribution in [3.63, 3.8) is 0 Å². The number of ketones is 1. The Kier molecular flexibility index (Phi) is 4.16. The van der Waals surface area contributed by atoms with Gasteiger partial charge >= 0.3 is 0 Å². The van der Waals surface area contributed by atoms with Crippen molar-refractivity contribution < 1.29 is 4.79 Å². The van der Waals surface area contributed by atoms with Crippen molar-refractivity contribution in [2.45, 2.75) is 13.0 Å². The fourth-order valence-electron chi connectivity index (χ4n) is 2.68. The fourth-order valence-corrected chi connectivity index (χ4v) is 2.80. The third-order valence-electron chi connectivity index (χ3n) is 3.81. The molecular formula is C18H17ClN2O. The van der Waals surface area contributed by atoms with Gasteiger partial charge in [0.25, 0.3) is 0 Å². The first-order valence-corrected chi connectivity index (χ1v) is 7.60. The number of rotatable bonds is 4. The van der Waals surface area contributed by atoms with Crippen LogP contribution in [0.1, 0.15) is 22.3 Å². The number of hydrogen-bond acceptors (Lipinski definition) is 3. The van der Waals surface area contributed by atoms with Crippen LogP contribution in [0.5, 0.6) is 0 Å². The average Bonchev–Trinajstić information content (AvgIpc) is 2.89. The number of allylic oxidation sites excluding steroid dienone is 1. The summed E-state index contributed by atoms with van der Waals surface area (Å²) < 4.78 is 0. The summed E-state index contributed by atoms with van der Waals surface area (Å²) in [4.78, 5) is 14.8. The Labute approximate surface area is 135 Å². The quantitative estimate of drug-likeness (QED) is 0.877. The van der Waals surface area contributed by atoms with Crippen LogP contribution in [0, 0.1) is 0 Å². The molecule has 0 amide bonds. The van der Waals surface area contributed by atoms with Crippen LogP contribution in [-0.2, 0) is 6.54 Å². The highest BCUT2D eigenvalue weighted by molar-refractivity contribution is 6.30. The van der Waals surface area contributed by atoms with Crippen LogP contribution in [0.25, 0.3) is 0 Å². The van der Waals surface area contributed by atoms with E-state index in [1.165, 1.54) is 5.56 Å². The molecule has 0 bridgehead atoms. The molecule has 0 fully saturated rings. The lowest BCUT2D eigenvalue weighted by molar-refractivity contribution is 0.0994. The van der Waals surface area contributed by atoms with Gasteiger partial charge < -0.3 is 10.6 Å². The molecule has 0 aliphatic carbocycles. The van der Waals surface area contributed by atoms with Gasteiger partial charge in [-0.05, 0) is 29.8 Å². The molecule has 0 unspecified atom stereocenters. The summed E-state index contributed by atoms with van der Waals surface area (Å²) in [5, 5.41) is 0.617. The monoisotopic (exact) mass is 312 g/mol. The van der Waals surface area contributed by atoms with Gasteiger partial charge in [-0.25, -0.2) is 0 Å². The highest BCUT2D eigenvalue weighted by Crippen LogP contribution is 2.25. The minimum Gasteiger partial charge on any atom is -0.400 e. The van der Waals surface area contributed by atoms with Crippen LogP contribution < -0.4 is 5.73 Å². The molecule has 1 aliphatic rings. The van der Waals surface area contributed by atoms with Gasteiger partial charge in [0.05, 0.1) is 0 Å². The second kappa shape index (κ2) is 6.24. The maximum absolute atomic E-state index is 12.7. The summed E-state index contributed by atoms with van der Waals surface area (Å²) in [6.07, 6.45) is 0.724. The molecule has 22 heavy (non-hydrogen) atoms. The van der Waals surface area contributed by atoms with Crippen molar-refractivity contribution in [3.8, 4) is 0 Å². The normalized spacial score (nSPS) is 14.5. The standard InChI is InChI=1S/C18H17ClN2O/c19-15-8-6-14(7-9-15)18(22)17-16(20)10-11-21(17)12-13-4-2-1-3-5-13/h1-9H,10-12,20H2. The highest BCUT2D eigenvalue weighted by atomic mass is 35.5. The molecule has 2 aromatic carbocycles. The lowest BCUT2D eigenvalue weighted by Gasteiger charge is -2.21. The van der Waals surface area contributed by atoms with E-state index in [1.807, 2.05) is 18.2 Å². The lowest BCUT2D eigenvalue weighted by atomic mass is 10.1. The first-order chi connectivity index (χ1) is 10.6. The first-order valence-electron chi connectivity index (χ1n) is 7.23. The number of nitrogens with zero attached hydrogens (tertiary/aromatic N) is 1. The summed E-state index contributed by atoms with van der Waals surface area (Å²) in [5.41, 5.74) is 9.14. The van der Waals surface area contributed by atoms with Crippen LogP contribution in [0.2, 0.25) is 5.02 Å². The Morgan fingerprint density at radius 1 is 1.09 bits per heavy atom. The van der Waals surface area contributed by atoms with E-state index in [1.54, 1.807) is 24.3 Å². The zero-order valence-electron chi connectivity index (χ0n) is 12.1. The summed E-state index contributed by atoms with van der Waals surface area (Å²) in [5.74, 6) is -0.0393. The van der Waals surface area contributed by atoms with E-state index in [-0.39, 0.29) is 5.78 Å². The molecule has 0 spiro atoms. The number of carbonyl (C=O) groups excluding carboxylic acids is 1. The molecule has 2 aromatic rings. The predicted octanol–water partition coefficient (Wildman–Crippen LogP) is 3.60. The van der Waals surface area contributed by atoms with Gasteiger partial charge in [-0.1, -0.05) is 41.9 Å². The van der Waals surface area contributed by atoms with Crippen molar-refractivity contribution >= 4 is 17.4 Å². The molecule has 0 saturated heterocycles. The molecule has 0 atom stereocenters. The van der Waals surface area contributed by atoms with E-state index in [4.69, 9.17) is 17.3 Å². The molecule has 3 rings (SSSR count). The van der Waals surface area contributed by atoms with Crippen molar-refractivity contribution in [1.29, 1.82) is 0 Å². The van der Waals surface area contributed by atoms with Crippen LogP contribution in [0.4, 0.5) is 0 Å². The lowest BCUT2D eigenvalue weighted by Crippen LogP contribution is -2.25. The Balaban J connectivity index is 1.85. The molecule has 4 heteroatoms. The Bertz CT molecular complexity index is 708. The number of hydrogen-bond donors (Lipinski definition) is 1. The zero-order valence-corrected chi connectivity index (χ0v) is 12.9.